The fourth-order valence-electron chi connectivity index (χ4n) is 2.59. The van der Waals surface area contributed by atoms with E-state index < -0.39 is 10.7 Å². The van der Waals surface area contributed by atoms with Crippen LogP contribution in [0.5, 0.6) is 0 Å². The van der Waals surface area contributed by atoms with E-state index in [9.17, 15) is 14.5 Å². The molecule has 0 unspecified atom stereocenters. The van der Waals surface area contributed by atoms with Gasteiger partial charge in [0.15, 0.2) is 0 Å². The molecule has 0 aliphatic heterocycles. The second kappa shape index (κ2) is 6.10. The highest BCUT2D eigenvalue weighted by molar-refractivity contribution is 5.40. The average Bonchev–Trinajstić information content (AvgIpc) is 2.38. The Bertz CT molecular complexity index is 457. The molecule has 104 valence electrons. The summed E-state index contributed by atoms with van der Waals surface area (Å²) in [6, 6.07) is 3.99. The van der Waals surface area contributed by atoms with Crippen LogP contribution in [0.4, 0.5) is 10.1 Å². The van der Waals surface area contributed by atoms with Crippen LogP contribution < -0.4 is 5.32 Å². The van der Waals surface area contributed by atoms with Crippen molar-refractivity contribution in [1.29, 1.82) is 0 Å². The Hall–Kier alpha value is -1.49. The normalized spacial score (nSPS) is 23.3. The molecule has 1 aliphatic rings. The van der Waals surface area contributed by atoms with Crippen molar-refractivity contribution in [3.05, 3.63) is 39.7 Å². The Morgan fingerprint density at radius 3 is 2.68 bits per heavy atom. The van der Waals surface area contributed by atoms with Crippen molar-refractivity contribution < 1.29 is 9.31 Å². The second-order valence-corrected chi connectivity index (χ2v) is 5.37. The highest BCUT2D eigenvalue weighted by Gasteiger charge is 2.19. The largest absolute Gasteiger partial charge is 0.310 e. The maximum atomic E-state index is 13.2. The first kappa shape index (κ1) is 13.9. The first-order valence-corrected chi connectivity index (χ1v) is 6.72. The van der Waals surface area contributed by atoms with E-state index in [0.29, 0.717) is 18.2 Å². The van der Waals surface area contributed by atoms with Crippen LogP contribution >= 0.6 is 0 Å². The van der Waals surface area contributed by atoms with Crippen LogP contribution in [0.15, 0.2) is 18.2 Å². The van der Waals surface area contributed by atoms with Gasteiger partial charge < -0.3 is 5.32 Å². The Morgan fingerprint density at radius 2 is 2.05 bits per heavy atom. The number of hydrogen-bond acceptors (Lipinski definition) is 3. The molecule has 5 heteroatoms. The van der Waals surface area contributed by atoms with E-state index >= 15 is 0 Å². The minimum Gasteiger partial charge on any atom is -0.310 e. The zero-order valence-electron chi connectivity index (χ0n) is 11.1. The summed E-state index contributed by atoms with van der Waals surface area (Å²) in [5.74, 6) is 0.334. The quantitative estimate of drug-likeness (QED) is 0.671. The number of hydrogen-bond donors (Lipinski definition) is 1. The third-order valence-corrected chi connectivity index (χ3v) is 3.84. The first-order chi connectivity index (χ1) is 9.06. The summed E-state index contributed by atoms with van der Waals surface area (Å²) >= 11 is 0. The van der Waals surface area contributed by atoms with Gasteiger partial charge in [-0.05, 0) is 43.7 Å². The molecule has 0 atom stereocenters. The average molecular weight is 266 g/mol. The SMILES string of the molecule is CC1CCC(NCc2cc(F)ccc2[N+](=O)[O-])CC1. The van der Waals surface area contributed by atoms with Gasteiger partial charge in [-0.2, -0.15) is 0 Å². The smallest absolute Gasteiger partial charge is 0.274 e. The highest BCUT2D eigenvalue weighted by Crippen LogP contribution is 2.25. The molecule has 1 aliphatic carbocycles. The van der Waals surface area contributed by atoms with Gasteiger partial charge in [-0.15, -0.1) is 0 Å². The van der Waals surface area contributed by atoms with Gasteiger partial charge in [0.1, 0.15) is 5.82 Å². The van der Waals surface area contributed by atoms with Crippen LogP contribution in [0.3, 0.4) is 0 Å². The summed E-state index contributed by atoms with van der Waals surface area (Å²) in [4.78, 5) is 10.4. The van der Waals surface area contributed by atoms with Crippen LogP contribution in [0.2, 0.25) is 0 Å². The predicted molar refractivity (Wildman–Crippen MR) is 71.3 cm³/mol. The van der Waals surface area contributed by atoms with Crippen LogP contribution in [0, 0.1) is 21.8 Å². The van der Waals surface area contributed by atoms with E-state index in [1.54, 1.807) is 0 Å². The van der Waals surface area contributed by atoms with Gasteiger partial charge in [-0.1, -0.05) is 6.92 Å². The summed E-state index contributed by atoms with van der Waals surface area (Å²) in [5.41, 5.74) is 0.404. The molecule has 1 fully saturated rings. The van der Waals surface area contributed by atoms with Crippen LogP contribution in [-0.2, 0) is 6.54 Å². The lowest BCUT2D eigenvalue weighted by Gasteiger charge is -2.27. The van der Waals surface area contributed by atoms with Gasteiger partial charge in [-0.25, -0.2) is 4.39 Å². The molecule has 19 heavy (non-hydrogen) atoms. The summed E-state index contributed by atoms with van der Waals surface area (Å²) in [6.45, 7) is 2.60. The van der Waals surface area contributed by atoms with Gasteiger partial charge in [0.05, 0.1) is 4.92 Å². The summed E-state index contributed by atoms with van der Waals surface area (Å²) < 4.78 is 13.2. The molecule has 1 saturated carbocycles. The number of halogens is 1. The number of benzene rings is 1. The molecule has 0 amide bonds. The number of nitrogens with one attached hydrogen (secondary N) is 1. The van der Waals surface area contributed by atoms with Crippen molar-refractivity contribution in [2.24, 2.45) is 5.92 Å². The molecular weight excluding hydrogens is 247 g/mol. The second-order valence-electron chi connectivity index (χ2n) is 5.37. The van der Waals surface area contributed by atoms with E-state index in [1.165, 1.54) is 25.0 Å². The van der Waals surface area contributed by atoms with Gasteiger partial charge in [-0.3, -0.25) is 10.1 Å². The fourth-order valence-corrected chi connectivity index (χ4v) is 2.59. The molecule has 2 rings (SSSR count). The number of rotatable bonds is 4. The Balaban J connectivity index is 1.98. The Morgan fingerprint density at radius 1 is 1.37 bits per heavy atom. The van der Waals surface area contributed by atoms with Gasteiger partial charge >= 0.3 is 0 Å². The van der Waals surface area contributed by atoms with Gasteiger partial charge in [0, 0.05) is 24.2 Å². The third kappa shape index (κ3) is 3.73. The van der Waals surface area contributed by atoms with Gasteiger partial charge in [0.2, 0.25) is 0 Å². The molecule has 4 nitrogen and oxygen atoms in total. The molecule has 0 saturated heterocycles. The molecule has 0 radical (unpaired) electrons. The summed E-state index contributed by atoms with van der Waals surface area (Å²) in [6.07, 6.45) is 4.54. The Labute approximate surface area is 112 Å². The lowest BCUT2D eigenvalue weighted by molar-refractivity contribution is -0.385. The third-order valence-electron chi connectivity index (χ3n) is 3.84. The lowest BCUT2D eigenvalue weighted by Crippen LogP contribution is -2.32. The van der Waals surface area contributed by atoms with Crippen molar-refractivity contribution in [3.63, 3.8) is 0 Å². The van der Waals surface area contributed by atoms with E-state index in [2.05, 4.69) is 12.2 Å². The molecule has 0 spiro atoms. The lowest BCUT2D eigenvalue weighted by atomic mass is 9.87. The van der Waals surface area contributed by atoms with E-state index in [-0.39, 0.29) is 5.69 Å². The van der Waals surface area contributed by atoms with Crippen molar-refractivity contribution in [2.75, 3.05) is 0 Å². The molecule has 1 N–H and O–H groups in total. The number of nitrogens with zero attached hydrogens (tertiary/aromatic N) is 1. The monoisotopic (exact) mass is 266 g/mol. The zero-order valence-corrected chi connectivity index (χ0v) is 11.1. The minimum atomic E-state index is -0.459. The maximum Gasteiger partial charge on any atom is 0.274 e. The fraction of sp³-hybridized carbons (Fsp3) is 0.571. The van der Waals surface area contributed by atoms with Crippen molar-refractivity contribution in [3.8, 4) is 0 Å². The first-order valence-electron chi connectivity index (χ1n) is 6.72. The predicted octanol–water partition coefficient (Wildman–Crippen LogP) is 3.40. The van der Waals surface area contributed by atoms with E-state index in [4.69, 9.17) is 0 Å². The molecule has 0 bridgehead atoms. The van der Waals surface area contributed by atoms with Crippen LogP contribution in [0.1, 0.15) is 38.2 Å². The molecule has 1 aromatic carbocycles. The molecule has 0 heterocycles. The van der Waals surface area contributed by atoms with Crippen LogP contribution in [-0.4, -0.2) is 11.0 Å². The van der Waals surface area contributed by atoms with Crippen molar-refractivity contribution in [1.82, 2.24) is 5.32 Å². The molecule has 1 aromatic rings. The molecule has 0 aromatic heterocycles. The van der Waals surface area contributed by atoms with Gasteiger partial charge in [0.25, 0.3) is 5.69 Å². The summed E-state index contributed by atoms with van der Waals surface area (Å²) in [5, 5.41) is 14.2. The van der Waals surface area contributed by atoms with Crippen molar-refractivity contribution in [2.45, 2.75) is 45.2 Å². The maximum absolute atomic E-state index is 13.2. The standard InChI is InChI=1S/C14H19FN2O2/c1-10-2-5-13(6-3-10)16-9-11-8-12(15)4-7-14(11)17(18)19/h4,7-8,10,13,16H,2-3,5-6,9H2,1H3. The summed E-state index contributed by atoms with van der Waals surface area (Å²) in [7, 11) is 0. The van der Waals surface area contributed by atoms with E-state index in [0.717, 1.165) is 24.8 Å². The zero-order chi connectivity index (χ0) is 13.8. The van der Waals surface area contributed by atoms with Crippen LogP contribution in [0.25, 0.3) is 0 Å². The minimum absolute atomic E-state index is 0.0157. The highest BCUT2D eigenvalue weighted by atomic mass is 19.1. The van der Waals surface area contributed by atoms with Crippen molar-refractivity contribution >= 4 is 5.69 Å². The molecular formula is C14H19FN2O2. The number of nitro groups is 1. The number of nitro benzene ring substituents is 1. The van der Waals surface area contributed by atoms with E-state index in [1.807, 2.05) is 0 Å². The topological polar surface area (TPSA) is 55.2 Å². The Kier molecular flexibility index (Phi) is 4.47.